The summed E-state index contributed by atoms with van der Waals surface area (Å²) in [6, 6.07) is 15.6. The van der Waals surface area contributed by atoms with Crippen LogP contribution in [0, 0.1) is 10.1 Å². The molecule has 1 amide bonds. The fourth-order valence-electron chi connectivity index (χ4n) is 2.33. The maximum Gasteiger partial charge on any atom is 0.310 e. The van der Waals surface area contributed by atoms with Crippen molar-refractivity contribution in [3.05, 3.63) is 81.1 Å². The Morgan fingerprint density at radius 2 is 1.96 bits per heavy atom. The minimum Gasteiger partial charge on any atom is -0.477 e. The number of nitro benzene ring substituents is 1. The summed E-state index contributed by atoms with van der Waals surface area (Å²) in [4.78, 5) is 33.6. The second-order valence-corrected chi connectivity index (χ2v) is 5.45. The highest BCUT2D eigenvalue weighted by Gasteiger charge is 2.15. The largest absolute Gasteiger partial charge is 0.477 e. The molecule has 0 fully saturated rings. The molecule has 0 saturated carbocycles. The van der Waals surface area contributed by atoms with E-state index in [2.05, 4.69) is 15.5 Å². The molecule has 2 N–H and O–H groups in total. The fraction of sp³-hybridized carbons (Fsp3) is 0.0556. The molecule has 27 heavy (non-hydrogen) atoms. The number of hydrogen-bond acceptors (Lipinski definition) is 6. The van der Waals surface area contributed by atoms with E-state index < -0.39 is 10.8 Å². The monoisotopic (exact) mass is 366 g/mol. The number of para-hydroxylation sites is 2. The van der Waals surface area contributed by atoms with Crippen LogP contribution < -0.4 is 15.6 Å². The van der Waals surface area contributed by atoms with E-state index in [1.54, 1.807) is 36.4 Å². The van der Waals surface area contributed by atoms with Crippen molar-refractivity contribution < 1.29 is 14.5 Å². The molecule has 0 saturated heterocycles. The van der Waals surface area contributed by atoms with E-state index in [9.17, 15) is 19.7 Å². The summed E-state index contributed by atoms with van der Waals surface area (Å²) >= 11 is 0. The molecule has 0 bridgehead atoms. The molecule has 0 aliphatic carbocycles. The van der Waals surface area contributed by atoms with Crippen molar-refractivity contribution in [3.63, 3.8) is 0 Å². The van der Waals surface area contributed by atoms with Crippen molar-refractivity contribution in [1.82, 2.24) is 10.2 Å². The van der Waals surface area contributed by atoms with Gasteiger partial charge in [-0.15, -0.1) is 0 Å². The highest BCUT2D eigenvalue weighted by Crippen LogP contribution is 2.25. The number of H-pyrrole nitrogens is 1. The number of amides is 1. The summed E-state index contributed by atoms with van der Waals surface area (Å²) in [6.07, 6.45) is 0. The zero-order valence-electron chi connectivity index (χ0n) is 13.9. The van der Waals surface area contributed by atoms with Gasteiger partial charge in [0.25, 0.3) is 11.5 Å². The molecule has 1 aromatic heterocycles. The van der Waals surface area contributed by atoms with Crippen LogP contribution in [0.2, 0.25) is 0 Å². The average Bonchev–Trinajstić information content (AvgIpc) is 2.67. The number of hydrogen-bond donors (Lipinski definition) is 2. The van der Waals surface area contributed by atoms with Gasteiger partial charge in [0.15, 0.2) is 12.4 Å². The first kappa shape index (κ1) is 17.8. The Hall–Kier alpha value is -4.01. The van der Waals surface area contributed by atoms with Crippen molar-refractivity contribution in [2.24, 2.45) is 0 Å². The van der Waals surface area contributed by atoms with Crippen molar-refractivity contribution in [3.8, 4) is 17.0 Å². The van der Waals surface area contributed by atoms with E-state index in [1.807, 2.05) is 0 Å². The Morgan fingerprint density at radius 1 is 1.15 bits per heavy atom. The first-order valence-electron chi connectivity index (χ1n) is 7.85. The van der Waals surface area contributed by atoms with Gasteiger partial charge < -0.3 is 10.1 Å². The van der Waals surface area contributed by atoms with E-state index in [0.717, 1.165) is 0 Å². The molecule has 2 aromatic carbocycles. The molecule has 1 heterocycles. The van der Waals surface area contributed by atoms with Gasteiger partial charge in [0.05, 0.1) is 10.6 Å². The number of carbonyl (C=O) groups excluding carboxylic acids is 1. The van der Waals surface area contributed by atoms with Crippen molar-refractivity contribution in [2.75, 3.05) is 11.9 Å². The summed E-state index contributed by atoms with van der Waals surface area (Å²) < 4.78 is 5.25. The Kier molecular flexibility index (Phi) is 5.22. The minimum atomic E-state index is -0.575. The number of nitro groups is 1. The first-order chi connectivity index (χ1) is 13.0. The highest BCUT2D eigenvalue weighted by molar-refractivity contribution is 5.92. The third kappa shape index (κ3) is 4.54. The van der Waals surface area contributed by atoms with Crippen LogP contribution in [0.15, 0.2) is 65.5 Å². The number of aromatic nitrogens is 2. The van der Waals surface area contributed by atoms with Crippen molar-refractivity contribution in [2.45, 2.75) is 0 Å². The van der Waals surface area contributed by atoms with Crippen LogP contribution in [-0.4, -0.2) is 27.6 Å². The van der Waals surface area contributed by atoms with Gasteiger partial charge in [0.2, 0.25) is 0 Å². The molecule has 0 aliphatic rings. The Labute approximate surface area is 152 Å². The summed E-state index contributed by atoms with van der Waals surface area (Å²) in [5, 5.41) is 19.9. The van der Waals surface area contributed by atoms with Crippen LogP contribution in [0.25, 0.3) is 11.3 Å². The average molecular weight is 366 g/mol. The molecular formula is C18H14N4O5. The summed E-state index contributed by atoms with van der Waals surface area (Å²) in [7, 11) is 0. The lowest BCUT2D eigenvalue weighted by molar-refractivity contribution is -0.385. The molecule has 136 valence electrons. The Bertz CT molecular complexity index is 1030. The van der Waals surface area contributed by atoms with Crippen molar-refractivity contribution in [1.29, 1.82) is 0 Å². The predicted octanol–water partition coefficient (Wildman–Crippen LogP) is 2.36. The van der Waals surface area contributed by atoms with Gasteiger partial charge in [-0.1, -0.05) is 24.3 Å². The molecule has 0 radical (unpaired) electrons. The van der Waals surface area contributed by atoms with E-state index >= 15 is 0 Å². The van der Waals surface area contributed by atoms with Crippen LogP contribution in [0.1, 0.15) is 0 Å². The van der Waals surface area contributed by atoms with E-state index in [-0.39, 0.29) is 23.6 Å². The fourth-order valence-corrected chi connectivity index (χ4v) is 2.33. The lowest BCUT2D eigenvalue weighted by atomic mass is 10.1. The van der Waals surface area contributed by atoms with E-state index in [1.165, 1.54) is 24.3 Å². The molecule has 3 rings (SSSR count). The maximum absolute atomic E-state index is 12.1. The van der Waals surface area contributed by atoms with Gasteiger partial charge in [-0.05, 0) is 24.3 Å². The zero-order chi connectivity index (χ0) is 19.2. The molecule has 9 heteroatoms. The second kappa shape index (κ2) is 7.91. The smallest absolute Gasteiger partial charge is 0.310 e. The summed E-state index contributed by atoms with van der Waals surface area (Å²) in [5.74, 6) is -0.455. The van der Waals surface area contributed by atoms with Gasteiger partial charge in [-0.2, -0.15) is 5.10 Å². The van der Waals surface area contributed by atoms with Gasteiger partial charge in [0, 0.05) is 23.4 Å². The van der Waals surface area contributed by atoms with Crippen LogP contribution >= 0.6 is 0 Å². The number of rotatable bonds is 6. The quantitative estimate of drug-likeness (QED) is 0.509. The zero-order valence-corrected chi connectivity index (χ0v) is 13.9. The Balaban J connectivity index is 1.66. The normalized spacial score (nSPS) is 10.2. The number of ether oxygens (including phenoxy) is 1. The second-order valence-electron chi connectivity index (χ2n) is 5.45. The SMILES string of the molecule is O=C(COc1ccccc1[N+](=O)[O-])Nc1cccc(-c2ccc(=O)[nH]n2)c1. The topological polar surface area (TPSA) is 127 Å². The number of nitrogens with zero attached hydrogens (tertiary/aromatic N) is 2. The number of anilines is 1. The summed E-state index contributed by atoms with van der Waals surface area (Å²) in [6.45, 7) is -0.383. The van der Waals surface area contributed by atoms with Crippen molar-refractivity contribution >= 4 is 17.3 Å². The number of carbonyl (C=O) groups is 1. The van der Waals surface area contributed by atoms with Gasteiger partial charge in [0.1, 0.15) is 0 Å². The van der Waals surface area contributed by atoms with Gasteiger partial charge >= 0.3 is 5.69 Å². The first-order valence-corrected chi connectivity index (χ1v) is 7.85. The van der Waals surface area contributed by atoms with E-state index in [0.29, 0.717) is 16.9 Å². The number of aromatic amines is 1. The molecule has 0 unspecified atom stereocenters. The third-order valence-electron chi connectivity index (χ3n) is 3.54. The Morgan fingerprint density at radius 3 is 2.70 bits per heavy atom. The standard InChI is InChI=1S/C18H14N4O5/c23-17-9-8-14(20-21-17)12-4-3-5-13(10-12)19-18(24)11-27-16-7-2-1-6-15(16)22(25)26/h1-10H,11H2,(H,19,24)(H,21,23). The highest BCUT2D eigenvalue weighted by atomic mass is 16.6. The van der Waals surface area contributed by atoms with Crippen LogP contribution in [0.4, 0.5) is 11.4 Å². The lowest BCUT2D eigenvalue weighted by Gasteiger charge is -2.09. The number of nitrogens with one attached hydrogen (secondary N) is 2. The maximum atomic E-state index is 12.1. The van der Waals surface area contributed by atoms with Gasteiger partial charge in [-0.3, -0.25) is 19.7 Å². The van der Waals surface area contributed by atoms with Gasteiger partial charge in [-0.25, -0.2) is 5.10 Å². The third-order valence-corrected chi connectivity index (χ3v) is 3.54. The molecule has 9 nitrogen and oxygen atoms in total. The molecule has 0 aliphatic heterocycles. The molecule has 0 spiro atoms. The molecule has 0 atom stereocenters. The number of benzene rings is 2. The van der Waals surface area contributed by atoms with Crippen LogP contribution in [-0.2, 0) is 4.79 Å². The summed E-state index contributed by atoms with van der Waals surface area (Å²) in [5.41, 5.74) is 1.22. The van der Waals surface area contributed by atoms with Crippen LogP contribution in [0.3, 0.4) is 0 Å². The van der Waals surface area contributed by atoms with Crippen LogP contribution in [0.5, 0.6) is 5.75 Å². The van der Waals surface area contributed by atoms with E-state index in [4.69, 9.17) is 4.74 Å². The molecular weight excluding hydrogens is 352 g/mol. The molecule has 3 aromatic rings. The minimum absolute atomic E-state index is 0.0174. The predicted molar refractivity (Wildman–Crippen MR) is 97.5 cm³/mol. The lowest BCUT2D eigenvalue weighted by Crippen LogP contribution is -2.20.